The molecule has 1 aromatic carbocycles. The Balaban J connectivity index is 3.06. The van der Waals surface area contributed by atoms with Gasteiger partial charge in [-0.15, -0.1) is 0 Å². The third kappa shape index (κ3) is 3.45. The van der Waals surface area contributed by atoms with Crippen molar-refractivity contribution in [2.75, 3.05) is 10.7 Å². The molecule has 0 atom stereocenters. The molecule has 0 saturated heterocycles. The molecule has 0 bridgehead atoms. The minimum Gasteiger partial charge on any atom is -0.205 e. The van der Waals surface area contributed by atoms with Gasteiger partial charge in [0.1, 0.15) is 5.82 Å². The van der Waals surface area contributed by atoms with Crippen molar-refractivity contribution in [2.45, 2.75) is 20.3 Å². The Morgan fingerprint density at radius 1 is 1.29 bits per heavy atom. The van der Waals surface area contributed by atoms with E-state index in [1.807, 2.05) is 6.07 Å². The zero-order chi connectivity index (χ0) is 13.1. The molecular weight excluding hydrogens is 370 g/mol. The molecule has 0 heterocycles. The predicted molar refractivity (Wildman–Crippen MR) is 80.0 cm³/mol. The minimum atomic E-state index is -0.342. The van der Waals surface area contributed by atoms with Crippen molar-refractivity contribution < 1.29 is 4.39 Å². The highest BCUT2D eigenvalue weighted by atomic mass is 79.9. The van der Waals surface area contributed by atoms with E-state index >= 15 is 0 Å². The molecule has 0 nitrogen and oxygen atoms in total. The van der Waals surface area contributed by atoms with E-state index in [0.29, 0.717) is 5.92 Å². The Bertz CT molecular complexity index is 376. The first-order valence-corrected chi connectivity index (χ1v) is 8.13. The Kier molecular flexibility index (Phi) is 5.94. The van der Waals surface area contributed by atoms with Crippen LogP contribution in [0.25, 0.3) is 0 Å². The van der Waals surface area contributed by atoms with Gasteiger partial charge in [0.15, 0.2) is 0 Å². The van der Waals surface area contributed by atoms with Crippen molar-refractivity contribution in [3.8, 4) is 0 Å². The fourth-order valence-electron chi connectivity index (χ4n) is 1.71. The Morgan fingerprint density at radius 3 is 2.35 bits per heavy atom. The first-order chi connectivity index (χ1) is 7.96. The smallest absolute Gasteiger partial charge is 0.142 e. The number of benzene rings is 1. The zero-order valence-electron chi connectivity index (χ0n) is 9.94. The van der Waals surface area contributed by atoms with E-state index in [9.17, 15) is 4.39 Å². The maximum absolute atomic E-state index is 13.4. The maximum Gasteiger partial charge on any atom is 0.142 e. The summed E-state index contributed by atoms with van der Waals surface area (Å²) in [5.41, 5.74) is 0.927. The van der Waals surface area contributed by atoms with E-state index < -0.39 is 0 Å². The van der Waals surface area contributed by atoms with Gasteiger partial charge < -0.3 is 0 Å². The Morgan fingerprint density at radius 2 is 1.88 bits per heavy atom. The molecule has 96 valence electrons. The van der Waals surface area contributed by atoms with Crippen molar-refractivity contribution in [3.05, 3.63) is 34.6 Å². The summed E-state index contributed by atoms with van der Waals surface area (Å²) in [4.78, 5) is 0. The second-order valence-corrected chi connectivity index (χ2v) is 6.17. The first-order valence-electron chi connectivity index (χ1n) is 5.51. The van der Waals surface area contributed by atoms with Gasteiger partial charge in [0.05, 0.1) is 5.02 Å². The molecule has 0 radical (unpaired) electrons. The molecule has 17 heavy (non-hydrogen) atoms. The van der Waals surface area contributed by atoms with Crippen LogP contribution in [-0.4, -0.2) is 10.7 Å². The van der Waals surface area contributed by atoms with E-state index in [0.717, 1.165) is 22.6 Å². The van der Waals surface area contributed by atoms with E-state index in [4.69, 9.17) is 11.6 Å². The summed E-state index contributed by atoms with van der Waals surface area (Å²) in [6.45, 7) is 4.35. The van der Waals surface area contributed by atoms with Gasteiger partial charge in [-0.25, -0.2) is 4.39 Å². The van der Waals surface area contributed by atoms with Crippen LogP contribution in [0.2, 0.25) is 5.02 Å². The Labute approximate surface area is 124 Å². The van der Waals surface area contributed by atoms with Crippen LogP contribution in [0.4, 0.5) is 4.39 Å². The van der Waals surface area contributed by atoms with E-state index in [-0.39, 0.29) is 16.3 Å². The van der Waals surface area contributed by atoms with Crippen LogP contribution in [0.1, 0.15) is 19.4 Å². The molecule has 0 fully saturated rings. The van der Waals surface area contributed by atoms with Crippen LogP contribution in [0, 0.1) is 17.2 Å². The second-order valence-electron chi connectivity index (χ2n) is 4.67. The maximum atomic E-state index is 13.4. The number of hydrogen-bond acceptors (Lipinski definition) is 0. The van der Waals surface area contributed by atoms with Crippen molar-refractivity contribution in [1.82, 2.24) is 0 Å². The van der Waals surface area contributed by atoms with Gasteiger partial charge in [-0.2, -0.15) is 0 Å². The summed E-state index contributed by atoms with van der Waals surface area (Å²) < 4.78 is 13.4. The van der Waals surface area contributed by atoms with Gasteiger partial charge in [-0.05, 0) is 29.4 Å². The molecule has 1 aromatic rings. The minimum absolute atomic E-state index is 0.0530. The molecule has 0 aliphatic carbocycles. The summed E-state index contributed by atoms with van der Waals surface area (Å²) in [5.74, 6) is 0.131. The quantitative estimate of drug-likeness (QED) is 0.590. The van der Waals surface area contributed by atoms with Crippen LogP contribution in [-0.2, 0) is 6.42 Å². The summed E-state index contributed by atoms with van der Waals surface area (Å²) in [6, 6.07) is 5.00. The third-order valence-corrected chi connectivity index (χ3v) is 5.99. The van der Waals surface area contributed by atoms with E-state index in [2.05, 4.69) is 45.7 Å². The first kappa shape index (κ1) is 15.5. The number of rotatable bonds is 5. The number of hydrogen-bond donors (Lipinski definition) is 0. The monoisotopic (exact) mass is 384 g/mol. The zero-order valence-corrected chi connectivity index (χ0v) is 13.9. The fourth-order valence-corrected chi connectivity index (χ4v) is 4.52. The molecule has 0 aliphatic heterocycles. The van der Waals surface area contributed by atoms with Crippen molar-refractivity contribution in [1.29, 1.82) is 0 Å². The van der Waals surface area contributed by atoms with Crippen LogP contribution in [0.3, 0.4) is 0 Å². The van der Waals surface area contributed by atoms with Gasteiger partial charge in [0.2, 0.25) is 0 Å². The average Bonchev–Trinajstić information content (AvgIpc) is 2.31. The van der Waals surface area contributed by atoms with Gasteiger partial charge in [0, 0.05) is 10.7 Å². The molecular formula is C13H16Br2ClF. The molecule has 0 N–H and O–H groups in total. The molecule has 1 rings (SSSR count). The lowest BCUT2D eigenvalue weighted by Gasteiger charge is -2.34. The topological polar surface area (TPSA) is 0 Å². The van der Waals surface area contributed by atoms with Crippen molar-refractivity contribution >= 4 is 43.5 Å². The molecule has 0 aromatic heterocycles. The van der Waals surface area contributed by atoms with Crippen molar-refractivity contribution in [3.63, 3.8) is 0 Å². The van der Waals surface area contributed by atoms with Gasteiger partial charge in [-0.1, -0.05) is 69.4 Å². The normalized spacial score (nSPS) is 12.2. The molecule has 4 heteroatoms. The highest BCUT2D eigenvalue weighted by Gasteiger charge is 2.32. The lowest BCUT2D eigenvalue weighted by molar-refractivity contribution is 0.267. The summed E-state index contributed by atoms with van der Waals surface area (Å²) in [6.07, 6.45) is 0.762. The lowest BCUT2D eigenvalue weighted by Crippen LogP contribution is -2.33. The SMILES string of the molecule is CC(C)C(CBr)(CBr)Cc1cccc(F)c1Cl. The molecule has 0 spiro atoms. The largest absolute Gasteiger partial charge is 0.205 e. The second kappa shape index (κ2) is 6.53. The highest BCUT2D eigenvalue weighted by molar-refractivity contribution is 9.09. The van der Waals surface area contributed by atoms with E-state index in [1.54, 1.807) is 6.07 Å². The molecule has 0 amide bonds. The Hall–Kier alpha value is 0.400. The number of halogens is 4. The molecule has 0 aliphatic rings. The lowest BCUT2D eigenvalue weighted by atomic mass is 9.76. The standard InChI is InChI=1S/C13H16Br2ClF/c1-9(2)13(7-14,8-15)6-10-4-3-5-11(17)12(10)16/h3-5,9H,6-8H2,1-2H3. The number of alkyl halides is 2. The van der Waals surface area contributed by atoms with Gasteiger partial charge in [0.25, 0.3) is 0 Å². The highest BCUT2D eigenvalue weighted by Crippen LogP contribution is 2.37. The average molecular weight is 387 g/mol. The van der Waals surface area contributed by atoms with Gasteiger partial charge >= 0.3 is 0 Å². The predicted octanol–water partition coefficient (Wildman–Crippen LogP) is 5.45. The summed E-state index contributed by atoms with van der Waals surface area (Å²) >= 11 is 13.1. The summed E-state index contributed by atoms with van der Waals surface area (Å²) in [7, 11) is 0. The van der Waals surface area contributed by atoms with Gasteiger partial charge in [-0.3, -0.25) is 0 Å². The van der Waals surface area contributed by atoms with Crippen LogP contribution in [0.15, 0.2) is 18.2 Å². The fraction of sp³-hybridized carbons (Fsp3) is 0.538. The van der Waals surface area contributed by atoms with Crippen LogP contribution in [0.5, 0.6) is 0 Å². The molecule has 0 saturated carbocycles. The molecule has 0 unspecified atom stereocenters. The van der Waals surface area contributed by atoms with E-state index in [1.165, 1.54) is 6.07 Å². The van der Waals surface area contributed by atoms with Crippen molar-refractivity contribution in [2.24, 2.45) is 11.3 Å². The van der Waals surface area contributed by atoms with Crippen LogP contribution >= 0.6 is 43.5 Å². The summed E-state index contributed by atoms with van der Waals surface area (Å²) in [5, 5.41) is 1.96. The third-order valence-electron chi connectivity index (χ3n) is 3.33. The van der Waals surface area contributed by atoms with Crippen LogP contribution < -0.4 is 0 Å².